The molecule has 0 saturated heterocycles. The van der Waals surface area contributed by atoms with Crippen molar-refractivity contribution in [3.05, 3.63) is 18.2 Å². The molecule has 0 radical (unpaired) electrons. The highest BCUT2D eigenvalue weighted by atomic mass is 16.5. The molecule has 0 aliphatic carbocycles. The van der Waals surface area contributed by atoms with Gasteiger partial charge in [0.1, 0.15) is 5.82 Å². The third-order valence-electron chi connectivity index (χ3n) is 2.88. The third kappa shape index (κ3) is 3.61. The number of imidazole rings is 1. The van der Waals surface area contributed by atoms with Crippen molar-refractivity contribution in [2.24, 2.45) is 7.05 Å². The van der Waals surface area contributed by atoms with Crippen LogP contribution >= 0.6 is 0 Å². The number of ether oxygens (including phenoxy) is 1. The Kier molecular flexibility index (Phi) is 5.49. The van der Waals surface area contributed by atoms with E-state index in [1.165, 1.54) is 0 Å². The fraction of sp³-hybridized carbons (Fsp3) is 0.750. The highest BCUT2D eigenvalue weighted by Gasteiger charge is 2.15. The predicted octanol–water partition coefficient (Wildman–Crippen LogP) is 1.89. The zero-order valence-electron chi connectivity index (χ0n) is 10.7. The van der Waals surface area contributed by atoms with E-state index in [1.807, 2.05) is 19.4 Å². The van der Waals surface area contributed by atoms with Crippen LogP contribution in [0.2, 0.25) is 0 Å². The topological polar surface area (TPSA) is 39.1 Å². The Morgan fingerprint density at radius 3 is 2.75 bits per heavy atom. The summed E-state index contributed by atoms with van der Waals surface area (Å²) in [5.74, 6) is 1.10. The minimum absolute atomic E-state index is 0.307. The van der Waals surface area contributed by atoms with Crippen molar-refractivity contribution >= 4 is 0 Å². The van der Waals surface area contributed by atoms with Crippen LogP contribution in [0, 0.1) is 0 Å². The van der Waals surface area contributed by atoms with Crippen molar-refractivity contribution in [2.45, 2.75) is 38.8 Å². The molecule has 1 aromatic heterocycles. The summed E-state index contributed by atoms with van der Waals surface area (Å²) in [6.07, 6.45) is 6.23. The maximum absolute atomic E-state index is 5.27. The molecule has 0 saturated carbocycles. The first-order chi connectivity index (χ1) is 7.69. The van der Waals surface area contributed by atoms with Crippen molar-refractivity contribution < 1.29 is 4.74 Å². The van der Waals surface area contributed by atoms with Crippen LogP contribution in [0.4, 0.5) is 0 Å². The quantitative estimate of drug-likeness (QED) is 0.770. The average molecular weight is 225 g/mol. The lowest BCUT2D eigenvalue weighted by molar-refractivity contribution is 0.105. The van der Waals surface area contributed by atoms with Gasteiger partial charge in [-0.15, -0.1) is 0 Å². The van der Waals surface area contributed by atoms with E-state index in [9.17, 15) is 0 Å². The van der Waals surface area contributed by atoms with Crippen molar-refractivity contribution in [3.8, 4) is 0 Å². The monoisotopic (exact) mass is 225 g/mol. The van der Waals surface area contributed by atoms with Crippen LogP contribution in [0.25, 0.3) is 0 Å². The predicted molar refractivity (Wildman–Crippen MR) is 65.3 cm³/mol. The molecular weight excluding hydrogens is 202 g/mol. The van der Waals surface area contributed by atoms with Gasteiger partial charge < -0.3 is 14.6 Å². The second-order valence-corrected chi connectivity index (χ2v) is 4.13. The van der Waals surface area contributed by atoms with E-state index in [-0.39, 0.29) is 0 Å². The van der Waals surface area contributed by atoms with Gasteiger partial charge in [-0.1, -0.05) is 6.92 Å². The van der Waals surface area contributed by atoms with E-state index < -0.39 is 0 Å². The second kappa shape index (κ2) is 6.66. The summed E-state index contributed by atoms with van der Waals surface area (Å²) >= 11 is 0. The Bertz CT molecular complexity index is 298. The van der Waals surface area contributed by atoms with Gasteiger partial charge in [0.05, 0.1) is 12.1 Å². The number of nitrogens with one attached hydrogen (secondary N) is 1. The Morgan fingerprint density at radius 1 is 1.50 bits per heavy atom. The summed E-state index contributed by atoms with van der Waals surface area (Å²) in [4.78, 5) is 4.40. The van der Waals surface area contributed by atoms with Gasteiger partial charge in [0, 0.05) is 26.6 Å². The molecule has 0 aliphatic rings. The van der Waals surface area contributed by atoms with Crippen LogP contribution in [-0.2, 0) is 11.8 Å². The van der Waals surface area contributed by atoms with Gasteiger partial charge in [-0.05, 0) is 26.3 Å². The minimum atomic E-state index is 0.307. The molecule has 0 aliphatic heterocycles. The largest absolute Gasteiger partial charge is 0.382 e. The molecule has 1 rings (SSSR count). The summed E-state index contributed by atoms with van der Waals surface area (Å²) in [6.45, 7) is 5.18. The Labute approximate surface area is 98.0 Å². The van der Waals surface area contributed by atoms with Gasteiger partial charge in [0.25, 0.3) is 0 Å². The van der Waals surface area contributed by atoms with E-state index in [0.717, 1.165) is 25.2 Å². The van der Waals surface area contributed by atoms with Gasteiger partial charge in [0.2, 0.25) is 0 Å². The van der Waals surface area contributed by atoms with Crippen LogP contribution in [0.1, 0.15) is 38.6 Å². The fourth-order valence-electron chi connectivity index (χ4n) is 1.80. The van der Waals surface area contributed by atoms with Crippen LogP contribution < -0.4 is 5.32 Å². The molecule has 16 heavy (non-hydrogen) atoms. The van der Waals surface area contributed by atoms with Crippen molar-refractivity contribution in [1.82, 2.24) is 14.9 Å². The van der Waals surface area contributed by atoms with Gasteiger partial charge in [-0.2, -0.15) is 0 Å². The Morgan fingerprint density at radius 2 is 2.25 bits per heavy atom. The standard InChI is InChI=1S/C12H23N3O/c1-5-13-11(7-6-10(2)16-4)12-14-8-9-15(12)3/h8-11,13H,5-7H2,1-4H3. The van der Waals surface area contributed by atoms with Gasteiger partial charge in [-0.25, -0.2) is 4.98 Å². The molecule has 4 heteroatoms. The number of methoxy groups -OCH3 is 1. The lowest BCUT2D eigenvalue weighted by Gasteiger charge is -2.19. The zero-order valence-corrected chi connectivity index (χ0v) is 10.7. The molecule has 2 atom stereocenters. The summed E-state index contributed by atoms with van der Waals surface area (Å²) in [6, 6.07) is 0.322. The maximum Gasteiger partial charge on any atom is 0.125 e. The number of hydrogen-bond acceptors (Lipinski definition) is 3. The maximum atomic E-state index is 5.27. The molecule has 2 unspecified atom stereocenters. The normalized spacial score (nSPS) is 15.0. The summed E-state index contributed by atoms with van der Waals surface area (Å²) in [7, 11) is 3.79. The molecule has 4 nitrogen and oxygen atoms in total. The smallest absolute Gasteiger partial charge is 0.125 e. The molecule has 0 amide bonds. The molecule has 0 bridgehead atoms. The third-order valence-corrected chi connectivity index (χ3v) is 2.88. The van der Waals surface area contributed by atoms with E-state index in [0.29, 0.717) is 12.1 Å². The number of rotatable bonds is 7. The van der Waals surface area contributed by atoms with E-state index in [4.69, 9.17) is 4.74 Å². The van der Waals surface area contributed by atoms with Crippen molar-refractivity contribution in [3.63, 3.8) is 0 Å². The SMILES string of the molecule is CCNC(CCC(C)OC)c1nccn1C. The van der Waals surface area contributed by atoms with E-state index >= 15 is 0 Å². The molecule has 1 N–H and O–H groups in total. The van der Waals surface area contributed by atoms with Crippen LogP contribution in [0.3, 0.4) is 0 Å². The first kappa shape index (κ1) is 13.2. The van der Waals surface area contributed by atoms with Crippen LogP contribution in [0.15, 0.2) is 12.4 Å². The summed E-state index contributed by atoms with van der Waals surface area (Å²) in [5, 5.41) is 3.47. The molecule has 0 spiro atoms. The molecule has 92 valence electrons. The Balaban J connectivity index is 2.58. The first-order valence-electron chi connectivity index (χ1n) is 5.92. The molecular formula is C12H23N3O. The van der Waals surface area contributed by atoms with Crippen LogP contribution in [0.5, 0.6) is 0 Å². The number of aryl methyl sites for hydroxylation is 1. The van der Waals surface area contributed by atoms with Crippen molar-refractivity contribution in [2.75, 3.05) is 13.7 Å². The van der Waals surface area contributed by atoms with E-state index in [2.05, 4.69) is 28.7 Å². The highest BCUT2D eigenvalue weighted by Crippen LogP contribution is 2.17. The molecule has 0 aromatic carbocycles. The minimum Gasteiger partial charge on any atom is -0.382 e. The Hall–Kier alpha value is -0.870. The first-order valence-corrected chi connectivity index (χ1v) is 5.92. The summed E-state index contributed by atoms with van der Waals surface area (Å²) in [5.41, 5.74) is 0. The number of hydrogen-bond donors (Lipinski definition) is 1. The molecule has 1 heterocycles. The molecule has 0 fully saturated rings. The van der Waals surface area contributed by atoms with Crippen molar-refractivity contribution in [1.29, 1.82) is 0 Å². The molecule has 1 aromatic rings. The highest BCUT2D eigenvalue weighted by molar-refractivity contribution is 4.98. The number of aromatic nitrogens is 2. The lowest BCUT2D eigenvalue weighted by Crippen LogP contribution is -2.25. The van der Waals surface area contributed by atoms with E-state index in [1.54, 1.807) is 7.11 Å². The van der Waals surface area contributed by atoms with Gasteiger partial charge in [0.15, 0.2) is 0 Å². The zero-order chi connectivity index (χ0) is 12.0. The fourth-order valence-corrected chi connectivity index (χ4v) is 1.80. The van der Waals surface area contributed by atoms with Crippen LogP contribution in [-0.4, -0.2) is 29.3 Å². The average Bonchev–Trinajstić information content (AvgIpc) is 2.70. The number of nitrogens with zero attached hydrogens (tertiary/aromatic N) is 2. The summed E-state index contributed by atoms with van der Waals surface area (Å²) < 4.78 is 7.35. The lowest BCUT2D eigenvalue weighted by atomic mass is 10.1. The van der Waals surface area contributed by atoms with Gasteiger partial charge >= 0.3 is 0 Å². The van der Waals surface area contributed by atoms with Gasteiger partial charge in [-0.3, -0.25) is 0 Å². The second-order valence-electron chi connectivity index (χ2n) is 4.13.